The van der Waals surface area contributed by atoms with Crippen LogP contribution in [0.25, 0.3) is 5.69 Å². The molecule has 0 bridgehead atoms. The summed E-state index contributed by atoms with van der Waals surface area (Å²) in [6, 6.07) is 6.82. The minimum absolute atomic E-state index is 0.0725. The van der Waals surface area contributed by atoms with Gasteiger partial charge in [0.15, 0.2) is 0 Å². The molecular weight excluding hydrogens is 230 g/mol. The van der Waals surface area contributed by atoms with Crippen LogP contribution in [-0.2, 0) is 0 Å². The number of benzene rings is 1. The van der Waals surface area contributed by atoms with Crippen molar-refractivity contribution in [3.8, 4) is 5.69 Å². The maximum absolute atomic E-state index is 11.6. The highest BCUT2D eigenvalue weighted by Gasteiger charge is 2.03. The standard InChI is InChI=1S/C9H8ClN5O/c10-6-2-1-3-7(4-6)15-5-12-8(14-11)13-9(15)16/h1-5H,11H2,(H,13,14,16). The molecule has 2 aromatic rings. The molecule has 2 rings (SSSR count). The van der Waals surface area contributed by atoms with Crippen molar-refractivity contribution < 1.29 is 0 Å². The van der Waals surface area contributed by atoms with E-state index in [4.69, 9.17) is 17.4 Å². The Morgan fingerprint density at radius 1 is 1.44 bits per heavy atom. The number of aromatic nitrogens is 3. The van der Waals surface area contributed by atoms with Crippen molar-refractivity contribution in [1.29, 1.82) is 0 Å². The Hall–Kier alpha value is -1.92. The fourth-order valence-corrected chi connectivity index (χ4v) is 1.39. The number of hydrogen-bond acceptors (Lipinski definition) is 5. The second kappa shape index (κ2) is 4.30. The molecule has 0 fully saturated rings. The lowest BCUT2D eigenvalue weighted by Crippen LogP contribution is -2.24. The number of rotatable bonds is 2. The topological polar surface area (TPSA) is 85.8 Å². The van der Waals surface area contributed by atoms with Crippen molar-refractivity contribution in [3.63, 3.8) is 0 Å². The maximum Gasteiger partial charge on any atom is 0.356 e. The Kier molecular flexibility index (Phi) is 2.84. The lowest BCUT2D eigenvalue weighted by molar-refractivity contribution is 0.859. The van der Waals surface area contributed by atoms with Crippen molar-refractivity contribution >= 4 is 17.5 Å². The normalized spacial score (nSPS) is 10.1. The summed E-state index contributed by atoms with van der Waals surface area (Å²) in [4.78, 5) is 19.0. The molecule has 0 radical (unpaired) electrons. The molecular formula is C9H8ClN5O. The smallest absolute Gasteiger partial charge is 0.292 e. The van der Waals surface area contributed by atoms with Crippen LogP contribution in [0, 0.1) is 0 Å². The highest BCUT2D eigenvalue weighted by atomic mass is 35.5. The van der Waals surface area contributed by atoms with Crippen LogP contribution >= 0.6 is 11.6 Å². The van der Waals surface area contributed by atoms with Crippen molar-refractivity contribution in [2.45, 2.75) is 0 Å². The highest BCUT2D eigenvalue weighted by Crippen LogP contribution is 2.12. The van der Waals surface area contributed by atoms with E-state index in [1.54, 1.807) is 24.3 Å². The molecule has 1 heterocycles. The van der Waals surface area contributed by atoms with E-state index < -0.39 is 5.69 Å². The van der Waals surface area contributed by atoms with E-state index >= 15 is 0 Å². The Labute approximate surface area is 95.7 Å². The Morgan fingerprint density at radius 2 is 2.25 bits per heavy atom. The lowest BCUT2D eigenvalue weighted by atomic mass is 10.3. The van der Waals surface area contributed by atoms with Crippen LogP contribution in [0.1, 0.15) is 0 Å². The number of nitrogens with one attached hydrogen (secondary N) is 1. The number of anilines is 1. The molecule has 6 nitrogen and oxygen atoms in total. The molecule has 1 aromatic carbocycles. The fraction of sp³-hybridized carbons (Fsp3) is 0. The number of hydrazine groups is 1. The van der Waals surface area contributed by atoms with Gasteiger partial charge in [-0.05, 0) is 18.2 Å². The third-order valence-electron chi connectivity index (χ3n) is 1.92. The number of hydrogen-bond donors (Lipinski definition) is 2. The number of nitrogens with two attached hydrogens (primary N) is 1. The van der Waals surface area contributed by atoms with Crippen LogP contribution in [0.4, 0.5) is 5.95 Å². The monoisotopic (exact) mass is 237 g/mol. The first-order valence-corrected chi connectivity index (χ1v) is 4.77. The molecule has 0 saturated heterocycles. The zero-order valence-corrected chi connectivity index (χ0v) is 8.85. The molecule has 7 heteroatoms. The van der Waals surface area contributed by atoms with Gasteiger partial charge in [-0.2, -0.15) is 4.98 Å². The van der Waals surface area contributed by atoms with Gasteiger partial charge in [-0.15, -0.1) is 0 Å². The van der Waals surface area contributed by atoms with Gasteiger partial charge in [0, 0.05) is 5.02 Å². The molecule has 0 unspecified atom stereocenters. The van der Waals surface area contributed by atoms with Crippen LogP contribution in [0.2, 0.25) is 5.02 Å². The molecule has 0 spiro atoms. The first kappa shape index (κ1) is 10.6. The van der Waals surface area contributed by atoms with Crippen LogP contribution in [-0.4, -0.2) is 14.5 Å². The summed E-state index contributed by atoms with van der Waals surface area (Å²) < 4.78 is 1.27. The third-order valence-corrected chi connectivity index (χ3v) is 2.15. The molecule has 0 aliphatic heterocycles. The number of nitrogens with zero attached hydrogens (tertiary/aromatic N) is 3. The van der Waals surface area contributed by atoms with Gasteiger partial charge in [0.05, 0.1) is 5.69 Å². The number of halogens is 1. The first-order valence-electron chi connectivity index (χ1n) is 4.39. The van der Waals surface area contributed by atoms with E-state index in [1.165, 1.54) is 10.9 Å². The minimum atomic E-state index is -0.481. The second-order valence-corrected chi connectivity index (χ2v) is 3.39. The van der Waals surface area contributed by atoms with Gasteiger partial charge >= 0.3 is 5.69 Å². The minimum Gasteiger partial charge on any atom is -0.292 e. The highest BCUT2D eigenvalue weighted by molar-refractivity contribution is 6.30. The van der Waals surface area contributed by atoms with Gasteiger partial charge in [0.2, 0.25) is 5.95 Å². The van der Waals surface area contributed by atoms with E-state index in [2.05, 4.69) is 15.4 Å². The van der Waals surface area contributed by atoms with Gasteiger partial charge < -0.3 is 0 Å². The summed E-state index contributed by atoms with van der Waals surface area (Å²) >= 11 is 5.82. The SMILES string of the molecule is NNc1ncn(-c2cccc(Cl)c2)c(=O)n1. The molecule has 1 aromatic heterocycles. The molecule has 82 valence electrons. The Bertz CT molecular complexity index is 568. The molecule has 0 aliphatic carbocycles. The summed E-state index contributed by atoms with van der Waals surface area (Å²) in [6.45, 7) is 0. The predicted octanol–water partition coefficient (Wildman–Crippen LogP) is 0.566. The summed E-state index contributed by atoms with van der Waals surface area (Å²) in [5.74, 6) is 5.16. The average molecular weight is 238 g/mol. The largest absolute Gasteiger partial charge is 0.356 e. The van der Waals surface area contributed by atoms with Crippen LogP contribution in [0.5, 0.6) is 0 Å². The van der Waals surface area contributed by atoms with Crippen molar-refractivity contribution in [2.75, 3.05) is 5.43 Å². The summed E-state index contributed by atoms with van der Waals surface area (Å²) in [5.41, 5.74) is 2.31. The molecule has 3 N–H and O–H groups in total. The van der Waals surface area contributed by atoms with Gasteiger partial charge in [-0.25, -0.2) is 15.6 Å². The molecule has 0 saturated carbocycles. The molecule has 0 amide bonds. The van der Waals surface area contributed by atoms with Crippen LogP contribution < -0.4 is 17.0 Å². The van der Waals surface area contributed by atoms with Gasteiger partial charge in [-0.3, -0.25) is 9.99 Å². The zero-order chi connectivity index (χ0) is 11.5. The first-order chi connectivity index (χ1) is 7.70. The average Bonchev–Trinajstić information content (AvgIpc) is 2.28. The van der Waals surface area contributed by atoms with Crippen LogP contribution in [0.15, 0.2) is 35.4 Å². The van der Waals surface area contributed by atoms with Crippen molar-refractivity contribution in [1.82, 2.24) is 14.5 Å². The predicted molar refractivity (Wildman–Crippen MR) is 60.4 cm³/mol. The Balaban J connectivity index is 2.53. The van der Waals surface area contributed by atoms with Gasteiger partial charge in [0.1, 0.15) is 6.33 Å². The quantitative estimate of drug-likeness (QED) is 0.589. The summed E-state index contributed by atoms with van der Waals surface area (Å²) in [5, 5.41) is 0.533. The van der Waals surface area contributed by atoms with Crippen LogP contribution in [0.3, 0.4) is 0 Å². The molecule has 0 aliphatic rings. The van der Waals surface area contributed by atoms with E-state index in [-0.39, 0.29) is 5.95 Å². The van der Waals surface area contributed by atoms with Gasteiger partial charge in [0.25, 0.3) is 0 Å². The zero-order valence-electron chi connectivity index (χ0n) is 8.09. The molecule has 16 heavy (non-hydrogen) atoms. The van der Waals surface area contributed by atoms with Crippen molar-refractivity contribution in [3.05, 3.63) is 46.1 Å². The lowest BCUT2D eigenvalue weighted by Gasteiger charge is -2.04. The van der Waals surface area contributed by atoms with E-state index in [0.717, 1.165) is 0 Å². The second-order valence-electron chi connectivity index (χ2n) is 2.96. The fourth-order valence-electron chi connectivity index (χ4n) is 1.21. The number of nitrogen functional groups attached to an aromatic ring is 1. The van der Waals surface area contributed by atoms with E-state index in [1.807, 2.05) is 0 Å². The molecule has 0 atom stereocenters. The third kappa shape index (κ3) is 2.02. The van der Waals surface area contributed by atoms with Crippen molar-refractivity contribution in [2.24, 2.45) is 5.84 Å². The van der Waals surface area contributed by atoms with E-state index in [9.17, 15) is 4.79 Å². The maximum atomic E-state index is 11.6. The van der Waals surface area contributed by atoms with E-state index in [0.29, 0.717) is 10.7 Å². The van der Waals surface area contributed by atoms with Gasteiger partial charge in [-0.1, -0.05) is 17.7 Å². The Morgan fingerprint density at radius 3 is 2.88 bits per heavy atom. The summed E-state index contributed by atoms with van der Waals surface area (Å²) in [6.07, 6.45) is 1.33. The summed E-state index contributed by atoms with van der Waals surface area (Å²) in [7, 11) is 0.